The van der Waals surface area contributed by atoms with Crippen LogP contribution in [-0.4, -0.2) is 13.3 Å². The second-order valence-electron chi connectivity index (χ2n) is 1.39. The molecule has 3 nitrogen and oxygen atoms in total. The smallest absolute Gasteiger partial charge is 0.176 e. The number of nitriles is 1. The maximum atomic E-state index is 8.00. The second kappa shape index (κ2) is 15.8. The third-order valence-corrected chi connectivity index (χ3v) is 0.734. The third kappa shape index (κ3) is 19.5. The van der Waals surface area contributed by atoms with Crippen LogP contribution in [0.15, 0.2) is 0 Å². The van der Waals surface area contributed by atoms with E-state index in [1.807, 2.05) is 13.0 Å². The van der Waals surface area contributed by atoms with E-state index in [1.54, 1.807) is 0 Å². The first-order valence-corrected chi connectivity index (χ1v) is 2.82. The van der Waals surface area contributed by atoms with E-state index < -0.39 is 0 Å². The van der Waals surface area contributed by atoms with Crippen LogP contribution in [0.5, 0.6) is 0 Å². The molecule has 0 unspecified atom stereocenters. The van der Waals surface area contributed by atoms with E-state index in [1.165, 1.54) is 0 Å². The fraction of sp³-hybridized carbons (Fsp3) is 0.667. The van der Waals surface area contributed by atoms with Gasteiger partial charge in [0.25, 0.3) is 0 Å². The molecule has 0 atom stereocenters. The topological polar surface area (TPSA) is 52.9 Å². The summed E-state index contributed by atoms with van der Waals surface area (Å²) in [4.78, 5) is 8.00. The largest absolute Gasteiger partial charge is 0.324 e. The highest BCUT2D eigenvalue weighted by Crippen LogP contribution is 1.79. The average Bonchev–Trinajstić information content (AvgIpc) is 1.94. The van der Waals surface area contributed by atoms with Crippen molar-refractivity contribution in [3.63, 3.8) is 0 Å². The van der Waals surface area contributed by atoms with Gasteiger partial charge in [-0.05, 0) is 6.42 Å². The lowest BCUT2D eigenvalue weighted by atomic mass is 10.3. The predicted octanol–water partition coefficient (Wildman–Crippen LogP) is 0.672. The molecule has 0 saturated heterocycles. The monoisotopic (exact) mass is 128 g/mol. The van der Waals surface area contributed by atoms with Crippen molar-refractivity contribution >= 4 is 6.79 Å². The first-order valence-electron chi connectivity index (χ1n) is 2.82. The molecule has 0 aliphatic rings. The summed E-state index contributed by atoms with van der Waals surface area (Å²) in [5.74, 6) is 0. The summed E-state index contributed by atoms with van der Waals surface area (Å²) < 4.78 is 0. The molecule has 0 aliphatic heterocycles. The van der Waals surface area contributed by atoms with Crippen LogP contribution in [0, 0.1) is 11.5 Å². The van der Waals surface area contributed by atoms with Crippen molar-refractivity contribution in [3.8, 4) is 6.19 Å². The number of hydrogen-bond acceptors (Lipinski definition) is 3. The Morgan fingerprint density at radius 3 is 2.56 bits per heavy atom. The molecule has 3 heteroatoms. The van der Waals surface area contributed by atoms with Crippen molar-refractivity contribution < 1.29 is 4.79 Å². The van der Waals surface area contributed by atoms with Gasteiger partial charge in [0.2, 0.25) is 0 Å². The number of unbranched alkanes of at least 4 members (excludes halogenated alkanes) is 1. The van der Waals surface area contributed by atoms with Crippen LogP contribution in [-0.2, 0) is 4.79 Å². The summed E-state index contributed by atoms with van der Waals surface area (Å²) >= 11 is 0. The van der Waals surface area contributed by atoms with E-state index in [2.05, 4.69) is 12.2 Å². The fourth-order valence-corrected chi connectivity index (χ4v) is 0.321. The maximum Gasteiger partial charge on any atom is 0.176 e. The molecule has 1 N–H and O–H groups in total. The minimum Gasteiger partial charge on any atom is -0.324 e. The molecule has 0 heterocycles. The van der Waals surface area contributed by atoms with Crippen molar-refractivity contribution in [2.45, 2.75) is 19.8 Å². The molecule has 0 saturated carbocycles. The van der Waals surface area contributed by atoms with Crippen molar-refractivity contribution in [3.05, 3.63) is 0 Å². The zero-order chi connectivity index (χ0) is 7.54. The van der Waals surface area contributed by atoms with E-state index in [9.17, 15) is 0 Å². The molecule has 0 radical (unpaired) electrons. The van der Waals surface area contributed by atoms with Gasteiger partial charge in [-0.3, -0.25) is 0 Å². The van der Waals surface area contributed by atoms with Gasteiger partial charge in [-0.25, -0.2) is 0 Å². The highest BCUT2D eigenvalue weighted by molar-refractivity contribution is 5.10. The number of nitrogens with one attached hydrogen (secondary N) is 1. The number of nitrogens with zero attached hydrogens (tertiary/aromatic N) is 1. The summed E-state index contributed by atoms with van der Waals surface area (Å²) in [6.07, 6.45) is 4.09. The molecule has 0 aromatic carbocycles. The zero-order valence-corrected chi connectivity index (χ0v) is 5.68. The lowest BCUT2D eigenvalue weighted by Gasteiger charge is -1.88. The number of carbonyl (C=O) groups is 1. The van der Waals surface area contributed by atoms with E-state index in [0.717, 1.165) is 19.4 Å². The average molecular weight is 128 g/mol. The molecule has 0 amide bonds. The molecule has 0 fully saturated rings. The number of hydrogen-bond donors (Lipinski definition) is 1. The Kier molecular flexibility index (Phi) is 19.0. The van der Waals surface area contributed by atoms with Crippen molar-refractivity contribution in [2.24, 2.45) is 0 Å². The lowest BCUT2D eigenvalue weighted by Crippen LogP contribution is -2.05. The van der Waals surface area contributed by atoms with Gasteiger partial charge in [-0.2, -0.15) is 5.26 Å². The van der Waals surface area contributed by atoms with Gasteiger partial charge in [-0.15, -0.1) is 0 Å². The summed E-state index contributed by atoms with van der Waals surface area (Å²) in [5, 5.41) is 10.5. The van der Waals surface area contributed by atoms with E-state index in [4.69, 9.17) is 10.1 Å². The molecular formula is C6H12N2O. The quantitative estimate of drug-likeness (QED) is 0.345. The standard InChI is InChI=1S/C5H10N2.CH2O/c1-2-3-4-7-5-6;1-2/h7H,2-4H2,1H3;1H2. The second-order valence-corrected chi connectivity index (χ2v) is 1.39. The maximum absolute atomic E-state index is 8.00. The molecule has 0 spiro atoms. The number of rotatable bonds is 3. The predicted molar refractivity (Wildman–Crippen MR) is 35.6 cm³/mol. The van der Waals surface area contributed by atoms with Crippen LogP contribution in [0.25, 0.3) is 0 Å². The molecule has 0 aromatic heterocycles. The van der Waals surface area contributed by atoms with Gasteiger partial charge < -0.3 is 10.1 Å². The Labute approximate surface area is 55.7 Å². The lowest BCUT2D eigenvalue weighted by molar-refractivity contribution is -0.0979. The Bertz CT molecular complexity index is 77.6. The van der Waals surface area contributed by atoms with Crippen LogP contribution in [0.2, 0.25) is 0 Å². The van der Waals surface area contributed by atoms with Crippen molar-refractivity contribution in [1.29, 1.82) is 5.26 Å². The van der Waals surface area contributed by atoms with Gasteiger partial charge in [0.15, 0.2) is 6.19 Å². The summed E-state index contributed by atoms with van der Waals surface area (Å²) in [6, 6.07) is 0. The summed E-state index contributed by atoms with van der Waals surface area (Å²) in [6.45, 7) is 4.92. The van der Waals surface area contributed by atoms with Crippen LogP contribution in [0.4, 0.5) is 0 Å². The van der Waals surface area contributed by atoms with Crippen molar-refractivity contribution in [2.75, 3.05) is 6.54 Å². The van der Waals surface area contributed by atoms with Gasteiger partial charge in [0.05, 0.1) is 0 Å². The minimum atomic E-state index is 0.826. The highest BCUT2D eigenvalue weighted by atomic mass is 16.1. The Balaban J connectivity index is 0. The normalized spacial score (nSPS) is 6.22. The van der Waals surface area contributed by atoms with Crippen LogP contribution in [0.1, 0.15) is 19.8 Å². The van der Waals surface area contributed by atoms with Gasteiger partial charge in [0, 0.05) is 6.54 Å². The molecule has 0 aromatic rings. The molecular weight excluding hydrogens is 116 g/mol. The molecule has 0 rings (SSSR count). The van der Waals surface area contributed by atoms with E-state index >= 15 is 0 Å². The molecule has 0 bridgehead atoms. The molecule has 52 valence electrons. The Morgan fingerprint density at radius 1 is 1.67 bits per heavy atom. The first-order chi connectivity index (χ1) is 4.41. The van der Waals surface area contributed by atoms with Gasteiger partial charge in [-0.1, -0.05) is 13.3 Å². The molecule has 0 aliphatic carbocycles. The minimum absolute atomic E-state index is 0.826. The van der Waals surface area contributed by atoms with Gasteiger partial charge >= 0.3 is 0 Å². The van der Waals surface area contributed by atoms with Crippen LogP contribution in [0.3, 0.4) is 0 Å². The fourth-order valence-electron chi connectivity index (χ4n) is 0.321. The Hall–Kier alpha value is -1.04. The Morgan fingerprint density at radius 2 is 2.22 bits per heavy atom. The summed E-state index contributed by atoms with van der Waals surface area (Å²) in [7, 11) is 0. The molecule has 9 heavy (non-hydrogen) atoms. The highest BCUT2D eigenvalue weighted by Gasteiger charge is 1.76. The first kappa shape index (κ1) is 10.9. The van der Waals surface area contributed by atoms with Crippen LogP contribution >= 0.6 is 0 Å². The van der Waals surface area contributed by atoms with E-state index in [0.29, 0.717) is 0 Å². The van der Waals surface area contributed by atoms with Gasteiger partial charge in [0.1, 0.15) is 6.79 Å². The summed E-state index contributed by atoms with van der Waals surface area (Å²) in [5.41, 5.74) is 0. The number of carbonyl (C=O) groups excluding carboxylic acids is 1. The third-order valence-electron chi connectivity index (χ3n) is 0.734. The SMILES string of the molecule is C=O.CCCCNC#N. The zero-order valence-electron chi connectivity index (χ0n) is 5.68. The van der Waals surface area contributed by atoms with E-state index in [-0.39, 0.29) is 0 Å². The van der Waals surface area contributed by atoms with Crippen molar-refractivity contribution in [1.82, 2.24) is 5.32 Å². The van der Waals surface area contributed by atoms with Crippen LogP contribution < -0.4 is 5.32 Å².